The predicted molar refractivity (Wildman–Crippen MR) is 51.4 cm³/mol. The molecule has 0 amide bonds. The van der Waals surface area contributed by atoms with E-state index in [1.807, 2.05) is 13.8 Å². The van der Waals surface area contributed by atoms with Crippen LogP contribution in [0.2, 0.25) is 0 Å². The van der Waals surface area contributed by atoms with Crippen molar-refractivity contribution in [3.8, 4) is 0 Å². The predicted octanol–water partition coefficient (Wildman–Crippen LogP) is 3.72. The van der Waals surface area contributed by atoms with Crippen molar-refractivity contribution in [1.29, 1.82) is 0 Å². The molecular weight excluding hydrogens is 186 g/mol. The molecule has 1 nitrogen and oxygen atoms in total. The molecule has 1 aromatic carbocycles. The second kappa shape index (κ2) is 5.05. The second-order valence-corrected chi connectivity index (χ2v) is 3.07. The lowest BCUT2D eigenvalue weighted by molar-refractivity contribution is 0.0760. The van der Waals surface area contributed by atoms with Crippen molar-refractivity contribution in [3.05, 3.63) is 35.4 Å². The van der Waals surface area contributed by atoms with Gasteiger partial charge in [-0.3, -0.25) is 0 Å². The van der Waals surface area contributed by atoms with Crippen molar-refractivity contribution < 1.29 is 13.5 Å². The van der Waals surface area contributed by atoms with E-state index < -0.39 is 6.43 Å². The van der Waals surface area contributed by atoms with Crippen LogP contribution in [0, 0.1) is 0 Å². The molecule has 0 spiro atoms. The smallest absolute Gasteiger partial charge is 0.263 e. The lowest BCUT2D eigenvalue weighted by Gasteiger charge is -2.12. The molecule has 0 radical (unpaired) electrons. The monoisotopic (exact) mass is 200 g/mol. The summed E-state index contributed by atoms with van der Waals surface area (Å²) in [6.07, 6.45) is -2.54. The van der Waals surface area contributed by atoms with E-state index in [0.29, 0.717) is 6.61 Å². The average molecular weight is 200 g/mol. The van der Waals surface area contributed by atoms with Gasteiger partial charge in [0.05, 0.1) is 6.10 Å². The van der Waals surface area contributed by atoms with Gasteiger partial charge in [0.1, 0.15) is 0 Å². The van der Waals surface area contributed by atoms with Crippen LogP contribution in [0.25, 0.3) is 0 Å². The molecule has 0 bridgehead atoms. The molecule has 0 aliphatic carbocycles. The Morgan fingerprint density at radius 1 is 1.29 bits per heavy atom. The first-order valence-electron chi connectivity index (χ1n) is 4.64. The molecule has 0 saturated heterocycles. The quantitative estimate of drug-likeness (QED) is 0.719. The number of halogens is 2. The number of benzene rings is 1. The molecule has 1 atom stereocenters. The average Bonchev–Trinajstić information content (AvgIpc) is 2.18. The van der Waals surface area contributed by atoms with Crippen molar-refractivity contribution in [1.82, 2.24) is 0 Å². The van der Waals surface area contributed by atoms with Crippen LogP contribution in [0.5, 0.6) is 0 Å². The Labute approximate surface area is 82.7 Å². The molecule has 3 heteroatoms. The van der Waals surface area contributed by atoms with E-state index in [-0.39, 0.29) is 11.7 Å². The van der Waals surface area contributed by atoms with E-state index in [1.54, 1.807) is 12.1 Å². The summed E-state index contributed by atoms with van der Waals surface area (Å²) in [5.41, 5.74) is 0.846. The highest BCUT2D eigenvalue weighted by Crippen LogP contribution is 2.23. The summed E-state index contributed by atoms with van der Waals surface area (Å²) in [4.78, 5) is 0. The Bertz CT molecular complexity index is 286. The summed E-state index contributed by atoms with van der Waals surface area (Å²) >= 11 is 0. The molecule has 0 aliphatic rings. The lowest BCUT2D eigenvalue weighted by Crippen LogP contribution is -2.00. The fourth-order valence-corrected chi connectivity index (χ4v) is 1.29. The van der Waals surface area contributed by atoms with Gasteiger partial charge < -0.3 is 4.74 Å². The molecule has 0 aromatic heterocycles. The maximum absolute atomic E-state index is 12.4. The number of rotatable bonds is 4. The normalized spacial score (nSPS) is 13.2. The van der Waals surface area contributed by atoms with Crippen LogP contribution in [0.4, 0.5) is 8.78 Å². The van der Waals surface area contributed by atoms with Crippen LogP contribution in [0.15, 0.2) is 24.3 Å². The fourth-order valence-electron chi connectivity index (χ4n) is 1.29. The van der Waals surface area contributed by atoms with Crippen LogP contribution in [-0.2, 0) is 4.74 Å². The van der Waals surface area contributed by atoms with E-state index in [1.165, 1.54) is 12.1 Å². The van der Waals surface area contributed by atoms with Crippen LogP contribution in [0.1, 0.15) is 37.5 Å². The van der Waals surface area contributed by atoms with Gasteiger partial charge in [-0.2, -0.15) is 0 Å². The third-order valence-electron chi connectivity index (χ3n) is 2.05. The summed E-state index contributed by atoms with van der Waals surface area (Å²) < 4.78 is 30.0. The molecular formula is C11H14F2O. The molecule has 14 heavy (non-hydrogen) atoms. The Hall–Kier alpha value is -0.960. The zero-order chi connectivity index (χ0) is 10.6. The van der Waals surface area contributed by atoms with Gasteiger partial charge in [0.15, 0.2) is 0 Å². The van der Waals surface area contributed by atoms with E-state index in [2.05, 4.69) is 0 Å². The first-order chi connectivity index (χ1) is 6.65. The Kier molecular flexibility index (Phi) is 4.01. The molecule has 0 heterocycles. The van der Waals surface area contributed by atoms with Gasteiger partial charge in [0.25, 0.3) is 6.43 Å². The third-order valence-corrected chi connectivity index (χ3v) is 2.05. The number of hydrogen-bond donors (Lipinski definition) is 0. The molecule has 78 valence electrons. The maximum atomic E-state index is 12.4. The van der Waals surface area contributed by atoms with E-state index in [4.69, 9.17) is 4.74 Å². The van der Waals surface area contributed by atoms with Crippen molar-refractivity contribution in [2.24, 2.45) is 0 Å². The van der Waals surface area contributed by atoms with E-state index >= 15 is 0 Å². The van der Waals surface area contributed by atoms with Crippen molar-refractivity contribution in [3.63, 3.8) is 0 Å². The number of alkyl halides is 2. The zero-order valence-corrected chi connectivity index (χ0v) is 8.34. The third kappa shape index (κ3) is 2.77. The summed E-state index contributed by atoms with van der Waals surface area (Å²) in [5, 5.41) is 0. The summed E-state index contributed by atoms with van der Waals surface area (Å²) in [6.45, 7) is 4.32. The second-order valence-electron chi connectivity index (χ2n) is 3.07. The largest absolute Gasteiger partial charge is 0.374 e. The highest BCUT2D eigenvalue weighted by Gasteiger charge is 2.10. The number of ether oxygens (including phenoxy) is 1. The topological polar surface area (TPSA) is 9.23 Å². The van der Waals surface area contributed by atoms with Crippen molar-refractivity contribution >= 4 is 0 Å². The van der Waals surface area contributed by atoms with Gasteiger partial charge in [0.2, 0.25) is 0 Å². The summed E-state index contributed by atoms with van der Waals surface area (Å²) in [6, 6.07) is 6.34. The van der Waals surface area contributed by atoms with Crippen LogP contribution < -0.4 is 0 Å². The molecule has 1 unspecified atom stereocenters. The first kappa shape index (κ1) is 11.1. The molecule has 0 aliphatic heterocycles. The Balaban J connectivity index is 2.82. The van der Waals surface area contributed by atoms with Crippen LogP contribution in [0.3, 0.4) is 0 Å². The first-order valence-corrected chi connectivity index (χ1v) is 4.64. The lowest BCUT2D eigenvalue weighted by atomic mass is 10.1. The van der Waals surface area contributed by atoms with E-state index in [9.17, 15) is 8.78 Å². The Morgan fingerprint density at radius 2 is 1.93 bits per heavy atom. The molecule has 0 N–H and O–H groups in total. The van der Waals surface area contributed by atoms with Crippen molar-refractivity contribution in [2.45, 2.75) is 26.4 Å². The van der Waals surface area contributed by atoms with Crippen LogP contribution in [-0.4, -0.2) is 6.61 Å². The van der Waals surface area contributed by atoms with Crippen molar-refractivity contribution in [2.75, 3.05) is 6.61 Å². The van der Waals surface area contributed by atoms with E-state index in [0.717, 1.165) is 5.56 Å². The Morgan fingerprint density at radius 3 is 2.50 bits per heavy atom. The summed E-state index contributed by atoms with van der Waals surface area (Å²) in [7, 11) is 0. The number of hydrogen-bond acceptors (Lipinski definition) is 1. The minimum atomic E-state index is -2.41. The minimum absolute atomic E-state index is 0.0500. The molecule has 1 aromatic rings. The minimum Gasteiger partial charge on any atom is -0.374 e. The van der Waals surface area contributed by atoms with Gasteiger partial charge in [0, 0.05) is 12.2 Å². The SMILES string of the molecule is CCOC(C)c1cccc(C(F)F)c1. The van der Waals surface area contributed by atoms with Gasteiger partial charge in [-0.15, -0.1) is 0 Å². The summed E-state index contributed by atoms with van der Waals surface area (Å²) in [5.74, 6) is 0. The van der Waals surface area contributed by atoms with Gasteiger partial charge in [-0.25, -0.2) is 8.78 Å². The van der Waals surface area contributed by atoms with Crippen LogP contribution >= 0.6 is 0 Å². The van der Waals surface area contributed by atoms with Gasteiger partial charge >= 0.3 is 0 Å². The van der Waals surface area contributed by atoms with Gasteiger partial charge in [-0.05, 0) is 25.5 Å². The fraction of sp³-hybridized carbons (Fsp3) is 0.455. The molecule has 0 fully saturated rings. The highest BCUT2D eigenvalue weighted by molar-refractivity contribution is 5.25. The molecule has 0 saturated carbocycles. The maximum Gasteiger partial charge on any atom is 0.263 e. The van der Waals surface area contributed by atoms with Gasteiger partial charge in [-0.1, -0.05) is 18.2 Å². The standard InChI is InChI=1S/C11H14F2O/c1-3-14-8(2)9-5-4-6-10(7-9)11(12)13/h4-8,11H,3H2,1-2H3. The zero-order valence-electron chi connectivity index (χ0n) is 8.34. The highest BCUT2D eigenvalue weighted by atomic mass is 19.3. The molecule has 1 rings (SSSR count).